The highest BCUT2D eigenvalue weighted by atomic mass is 19.1. The average Bonchev–Trinajstić information content (AvgIpc) is 2.74. The molecule has 0 aliphatic carbocycles. The molecular weight excluding hydrogens is 385 g/mol. The Morgan fingerprint density at radius 2 is 0.862 bits per heavy atom. The van der Waals surface area contributed by atoms with Crippen molar-refractivity contribution < 1.29 is 32.5 Å². The van der Waals surface area contributed by atoms with E-state index in [1.807, 2.05) is 0 Å². The lowest BCUT2D eigenvalue weighted by Crippen LogP contribution is -2.32. The Morgan fingerprint density at radius 1 is 0.586 bits per heavy atom. The molecule has 0 spiro atoms. The predicted octanol–water partition coefficient (Wildman–Crippen LogP) is 4.41. The van der Waals surface area contributed by atoms with Crippen LogP contribution in [0.4, 0.5) is 13.2 Å². The molecule has 29 heavy (non-hydrogen) atoms. The molecular formula is C22H19F3O4. The minimum Gasteiger partial charge on any atom is -0.497 e. The molecule has 0 saturated carbocycles. The van der Waals surface area contributed by atoms with Crippen LogP contribution in [0, 0.1) is 17.5 Å². The second-order valence-electron chi connectivity index (χ2n) is 6.25. The Balaban J connectivity index is 2.43. The number of benzene rings is 3. The molecule has 0 aromatic heterocycles. The molecule has 0 radical (unpaired) electrons. The van der Waals surface area contributed by atoms with Crippen molar-refractivity contribution in [3.63, 3.8) is 0 Å². The summed E-state index contributed by atoms with van der Waals surface area (Å²) in [7, 11) is 4.07. The SMILES string of the molecule is COc1ccc(F)c(C(O)(c2cc(OC)ccc2F)c2cc(OC)ccc2F)c1. The summed E-state index contributed by atoms with van der Waals surface area (Å²) < 4.78 is 60.0. The molecule has 0 unspecified atom stereocenters. The molecule has 4 nitrogen and oxygen atoms in total. The van der Waals surface area contributed by atoms with Gasteiger partial charge in [0.15, 0.2) is 0 Å². The lowest BCUT2D eigenvalue weighted by molar-refractivity contribution is 0.111. The lowest BCUT2D eigenvalue weighted by atomic mass is 9.79. The maximum absolute atomic E-state index is 14.9. The molecule has 0 amide bonds. The van der Waals surface area contributed by atoms with Gasteiger partial charge in [0, 0.05) is 16.7 Å². The smallest absolute Gasteiger partial charge is 0.149 e. The van der Waals surface area contributed by atoms with Gasteiger partial charge in [-0.1, -0.05) is 0 Å². The monoisotopic (exact) mass is 404 g/mol. The lowest BCUT2D eigenvalue weighted by Gasteiger charge is -2.31. The molecule has 7 heteroatoms. The van der Waals surface area contributed by atoms with Crippen molar-refractivity contribution >= 4 is 0 Å². The molecule has 3 rings (SSSR count). The second-order valence-corrected chi connectivity index (χ2v) is 6.25. The van der Waals surface area contributed by atoms with Gasteiger partial charge in [-0.25, -0.2) is 13.2 Å². The zero-order chi connectivity index (χ0) is 21.2. The topological polar surface area (TPSA) is 47.9 Å². The summed E-state index contributed by atoms with van der Waals surface area (Å²) in [5.41, 5.74) is -3.72. The molecule has 0 aliphatic heterocycles. The summed E-state index contributed by atoms with van der Waals surface area (Å²) in [6.07, 6.45) is 0. The third-order valence-corrected chi connectivity index (χ3v) is 4.69. The highest BCUT2D eigenvalue weighted by Gasteiger charge is 2.41. The molecule has 3 aromatic rings. The van der Waals surface area contributed by atoms with Crippen LogP contribution in [0.1, 0.15) is 16.7 Å². The Hall–Kier alpha value is -3.19. The molecule has 0 atom stereocenters. The Kier molecular flexibility index (Phi) is 5.70. The van der Waals surface area contributed by atoms with Crippen molar-refractivity contribution in [2.24, 2.45) is 0 Å². The minimum atomic E-state index is -2.55. The maximum Gasteiger partial charge on any atom is 0.149 e. The van der Waals surface area contributed by atoms with E-state index >= 15 is 0 Å². The van der Waals surface area contributed by atoms with E-state index in [0.29, 0.717) is 0 Å². The molecule has 0 heterocycles. The average molecular weight is 404 g/mol. The Bertz CT molecular complexity index is 907. The number of ether oxygens (including phenoxy) is 3. The van der Waals surface area contributed by atoms with Crippen molar-refractivity contribution in [3.05, 3.63) is 88.7 Å². The van der Waals surface area contributed by atoms with Crippen LogP contribution in [0.2, 0.25) is 0 Å². The van der Waals surface area contributed by atoms with Crippen LogP contribution in [0.15, 0.2) is 54.6 Å². The standard InChI is InChI=1S/C22H19F3O4/c1-27-13-4-7-19(23)16(10-13)22(26,17-11-14(28-2)5-8-20(17)24)18-12-15(29-3)6-9-21(18)25/h4-12,26H,1-3H3. The van der Waals surface area contributed by atoms with Crippen LogP contribution < -0.4 is 14.2 Å². The quantitative estimate of drug-likeness (QED) is 0.618. The van der Waals surface area contributed by atoms with Crippen LogP contribution >= 0.6 is 0 Å². The van der Waals surface area contributed by atoms with Gasteiger partial charge >= 0.3 is 0 Å². The summed E-state index contributed by atoms with van der Waals surface area (Å²) in [5.74, 6) is -2.03. The fraction of sp³-hybridized carbons (Fsp3) is 0.182. The van der Waals surface area contributed by atoms with Gasteiger partial charge in [-0.15, -0.1) is 0 Å². The van der Waals surface area contributed by atoms with E-state index in [2.05, 4.69) is 0 Å². The third-order valence-electron chi connectivity index (χ3n) is 4.69. The van der Waals surface area contributed by atoms with E-state index in [9.17, 15) is 18.3 Å². The number of hydrogen-bond donors (Lipinski definition) is 1. The molecule has 1 N–H and O–H groups in total. The molecule has 0 aliphatic rings. The van der Waals surface area contributed by atoms with Crippen LogP contribution in [-0.2, 0) is 5.60 Å². The number of aliphatic hydroxyl groups is 1. The van der Waals surface area contributed by atoms with Crippen LogP contribution in [0.5, 0.6) is 17.2 Å². The van der Waals surface area contributed by atoms with E-state index in [4.69, 9.17) is 14.2 Å². The minimum absolute atomic E-state index is 0.200. The van der Waals surface area contributed by atoms with Gasteiger partial charge in [0.2, 0.25) is 0 Å². The van der Waals surface area contributed by atoms with Gasteiger partial charge in [-0.3, -0.25) is 0 Å². The van der Waals surface area contributed by atoms with Crippen molar-refractivity contribution in [1.29, 1.82) is 0 Å². The number of rotatable bonds is 6. The first kappa shape index (κ1) is 20.5. The number of methoxy groups -OCH3 is 3. The molecule has 0 fully saturated rings. The number of hydrogen-bond acceptors (Lipinski definition) is 4. The Labute approximate surface area is 166 Å². The van der Waals surface area contributed by atoms with Crippen molar-refractivity contribution in [2.75, 3.05) is 21.3 Å². The molecule has 0 saturated heterocycles. The first-order valence-electron chi connectivity index (χ1n) is 8.59. The van der Waals surface area contributed by atoms with E-state index < -0.39 is 39.7 Å². The summed E-state index contributed by atoms with van der Waals surface area (Å²) >= 11 is 0. The number of halogens is 3. The fourth-order valence-corrected chi connectivity index (χ4v) is 3.16. The van der Waals surface area contributed by atoms with Gasteiger partial charge in [-0.05, 0) is 54.6 Å². The molecule has 3 aromatic carbocycles. The van der Waals surface area contributed by atoms with Crippen molar-refractivity contribution in [2.45, 2.75) is 5.60 Å². The molecule has 0 bridgehead atoms. The maximum atomic E-state index is 14.9. The largest absolute Gasteiger partial charge is 0.497 e. The summed E-state index contributed by atoms with van der Waals surface area (Å²) in [5, 5.41) is 11.7. The van der Waals surface area contributed by atoms with Crippen LogP contribution in [0.25, 0.3) is 0 Å². The first-order chi connectivity index (χ1) is 13.8. The summed E-state index contributed by atoms with van der Waals surface area (Å²) in [4.78, 5) is 0. The normalized spacial score (nSPS) is 11.3. The van der Waals surface area contributed by atoms with Gasteiger partial charge < -0.3 is 19.3 Å². The van der Waals surface area contributed by atoms with E-state index in [-0.39, 0.29) is 17.2 Å². The summed E-state index contributed by atoms with van der Waals surface area (Å²) in [6.45, 7) is 0. The second kappa shape index (κ2) is 8.05. The zero-order valence-corrected chi connectivity index (χ0v) is 16.0. The molecule has 152 valence electrons. The summed E-state index contributed by atoms with van der Waals surface area (Å²) in [6, 6.07) is 10.7. The van der Waals surface area contributed by atoms with E-state index in [1.54, 1.807) is 0 Å². The van der Waals surface area contributed by atoms with Crippen LogP contribution in [0.3, 0.4) is 0 Å². The van der Waals surface area contributed by atoms with E-state index in [1.165, 1.54) is 57.7 Å². The fourth-order valence-electron chi connectivity index (χ4n) is 3.16. The Morgan fingerprint density at radius 3 is 1.10 bits per heavy atom. The van der Waals surface area contributed by atoms with E-state index in [0.717, 1.165) is 18.2 Å². The van der Waals surface area contributed by atoms with Crippen molar-refractivity contribution in [3.8, 4) is 17.2 Å². The van der Waals surface area contributed by atoms with Gasteiger partial charge in [0.05, 0.1) is 21.3 Å². The van der Waals surface area contributed by atoms with Gasteiger partial charge in [0.25, 0.3) is 0 Å². The zero-order valence-electron chi connectivity index (χ0n) is 16.0. The van der Waals surface area contributed by atoms with Crippen molar-refractivity contribution in [1.82, 2.24) is 0 Å². The highest BCUT2D eigenvalue weighted by Crippen LogP contribution is 2.43. The van der Waals surface area contributed by atoms with Gasteiger partial charge in [-0.2, -0.15) is 0 Å². The highest BCUT2D eigenvalue weighted by molar-refractivity contribution is 5.53. The van der Waals surface area contributed by atoms with Gasteiger partial charge in [0.1, 0.15) is 40.3 Å². The third kappa shape index (κ3) is 3.61. The van der Waals surface area contributed by atoms with Crippen LogP contribution in [-0.4, -0.2) is 26.4 Å². The first-order valence-corrected chi connectivity index (χ1v) is 8.59. The predicted molar refractivity (Wildman–Crippen MR) is 101 cm³/mol.